The number of nitrogens with one attached hydrogen (secondary N) is 3. The highest BCUT2D eigenvalue weighted by Gasteiger charge is 2.09. The Labute approximate surface area is 174 Å². The largest absolute Gasteiger partial charge is 0.355 e. The lowest BCUT2D eigenvalue weighted by Crippen LogP contribution is -2.41. The molecule has 0 aliphatic heterocycles. The number of halogens is 2. The van der Waals surface area contributed by atoms with Gasteiger partial charge in [0.2, 0.25) is 0 Å². The van der Waals surface area contributed by atoms with E-state index in [4.69, 9.17) is 11.6 Å². The van der Waals surface area contributed by atoms with E-state index in [9.17, 15) is 9.18 Å². The number of benzene rings is 2. The molecule has 0 bridgehead atoms. The molecular weight excluding hydrogens is 399 g/mol. The fourth-order valence-corrected chi connectivity index (χ4v) is 3.36. The molecular formula is C20H24ClFN4OS. The number of hydrogen-bond donors (Lipinski definition) is 3. The Morgan fingerprint density at radius 2 is 1.86 bits per heavy atom. The summed E-state index contributed by atoms with van der Waals surface area (Å²) in [5, 5.41) is 9.58. The van der Waals surface area contributed by atoms with Gasteiger partial charge in [0, 0.05) is 32.4 Å². The van der Waals surface area contributed by atoms with Crippen LogP contribution < -0.4 is 16.0 Å². The second-order valence-corrected chi connectivity index (χ2v) is 7.21. The van der Waals surface area contributed by atoms with E-state index < -0.39 is 0 Å². The van der Waals surface area contributed by atoms with Crippen LogP contribution in [0.5, 0.6) is 0 Å². The van der Waals surface area contributed by atoms with E-state index in [1.165, 1.54) is 6.07 Å². The summed E-state index contributed by atoms with van der Waals surface area (Å²) >= 11 is 7.67. The summed E-state index contributed by atoms with van der Waals surface area (Å²) in [6, 6.07) is 11.7. The van der Waals surface area contributed by atoms with Gasteiger partial charge >= 0.3 is 0 Å². The van der Waals surface area contributed by atoms with Crippen molar-refractivity contribution in [1.29, 1.82) is 0 Å². The molecule has 0 unspecified atom stereocenters. The quantitative estimate of drug-likeness (QED) is 0.346. The highest BCUT2D eigenvalue weighted by Crippen LogP contribution is 2.16. The minimum atomic E-state index is -0.232. The fraction of sp³-hybridized carbons (Fsp3) is 0.300. The highest BCUT2D eigenvalue weighted by molar-refractivity contribution is 7.97. The molecule has 0 fully saturated rings. The molecule has 2 rings (SSSR count). The molecule has 5 nitrogen and oxygen atoms in total. The number of carbonyl (C=O) groups is 1. The van der Waals surface area contributed by atoms with Gasteiger partial charge in [0.05, 0.1) is 10.6 Å². The molecule has 0 aliphatic rings. The van der Waals surface area contributed by atoms with Gasteiger partial charge < -0.3 is 16.0 Å². The summed E-state index contributed by atoms with van der Waals surface area (Å²) < 4.78 is 13.4. The lowest BCUT2D eigenvalue weighted by Gasteiger charge is -2.14. The van der Waals surface area contributed by atoms with E-state index >= 15 is 0 Å². The first-order chi connectivity index (χ1) is 13.5. The van der Waals surface area contributed by atoms with E-state index in [0.717, 1.165) is 16.9 Å². The van der Waals surface area contributed by atoms with Gasteiger partial charge in [-0.3, -0.25) is 9.79 Å². The Morgan fingerprint density at radius 3 is 2.57 bits per heavy atom. The van der Waals surface area contributed by atoms with Crippen molar-refractivity contribution in [3.8, 4) is 0 Å². The van der Waals surface area contributed by atoms with Crippen LogP contribution in [0.25, 0.3) is 0 Å². The lowest BCUT2D eigenvalue weighted by molar-refractivity contribution is 0.0954. The molecule has 8 heteroatoms. The van der Waals surface area contributed by atoms with E-state index in [0.29, 0.717) is 36.2 Å². The first kappa shape index (κ1) is 22.0. The molecule has 28 heavy (non-hydrogen) atoms. The molecule has 1 amide bonds. The van der Waals surface area contributed by atoms with Crippen LogP contribution >= 0.6 is 23.4 Å². The van der Waals surface area contributed by atoms with Gasteiger partial charge in [0.1, 0.15) is 5.82 Å². The monoisotopic (exact) mass is 422 g/mol. The van der Waals surface area contributed by atoms with Gasteiger partial charge in [-0.05, 0) is 41.6 Å². The van der Waals surface area contributed by atoms with Crippen LogP contribution in [-0.4, -0.2) is 38.3 Å². The Hall–Kier alpha value is -2.25. The van der Waals surface area contributed by atoms with Crippen LogP contribution in [0.2, 0.25) is 5.02 Å². The second-order valence-electron chi connectivity index (χ2n) is 5.93. The smallest absolute Gasteiger partial charge is 0.252 e. The van der Waals surface area contributed by atoms with Crippen LogP contribution in [-0.2, 0) is 12.3 Å². The number of nitrogens with zero attached hydrogens (tertiary/aromatic N) is 1. The normalized spacial score (nSPS) is 11.2. The molecule has 0 aliphatic carbocycles. The summed E-state index contributed by atoms with van der Waals surface area (Å²) in [6.45, 7) is 1.44. The number of aliphatic imine (C=N–C) groups is 1. The first-order valence-electron chi connectivity index (χ1n) is 8.78. The lowest BCUT2D eigenvalue weighted by atomic mass is 10.1. The van der Waals surface area contributed by atoms with Crippen LogP contribution in [0.3, 0.4) is 0 Å². The molecule has 0 atom stereocenters. The van der Waals surface area contributed by atoms with Crippen molar-refractivity contribution in [3.63, 3.8) is 0 Å². The summed E-state index contributed by atoms with van der Waals surface area (Å²) in [7, 11) is 1.67. The molecule has 0 radical (unpaired) electrons. The minimum Gasteiger partial charge on any atom is -0.355 e. The minimum absolute atomic E-state index is 0.219. The fourth-order valence-electron chi connectivity index (χ4n) is 2.55. The number of thioether (sulfide) groups is 1. The van der Waals surface area contributed by atoms with Gasteiger partial charge in [-0.2, -0.15) is 11.8 Å². The van der Waals surface area contributed by atoms with Gasteiger partial charge in [-0.1, -0.05) is 29.8 Å². The Bertz CT molecular complexity index is 832. The number of carbonyl (C=O) groups excluding carboxylic acids is 1. The Morgan fingerprint density at radius 1 is 1.11 bits per heavy atom. The van der Waals surface area contributed by atoms with Crippen LogP contribution in [0.1, 0.15) is 21.5 Å². The van der Waals surface area contributed by atoms with Gasteiger partial charge in [-0.25, -0.2) is 4.39 Å². The van der Waals surface area contributed by atoms with Crippen LogP contribution in [0, 0.1) is 5.82 Å². The molecule has 3 N–H and O–H groups in total. The zero-order valence-corrected chi connectivity index (χ0v) is 17.5. The third-order valence-electron chi connectivity index (χ3n) is 3.96. The van der Waals surface area contributed by atoms with Gasteiger partial charge in [-0.15, -0.1) is 0 Å². The third-order valence-corrected chi connectivity index (χ3v) is 4.89. The van der Waals surface area contributed by atoms with E-state index in [1.807, 2.05) is 6.26 Å². The maximum absolute atomic E-state index is 13.4. The second kappa shape index (κ2) is 11.6. The van der Waals surface area contributed by atoms with Crippen molar-refractivity contribution in [3.05, 3.63) is 70.0 Å². The van der Waals surface area contributed by atoms with Gasteiger partial charge in [0.25, 0.3) is 5.91 Å². The summed E-state index contributed by atoms with van der Waals surface area (Å²) in [5.74, 6) is 0.897. The maximum Gasteiger partial charge on any atom is 0.252 e. The number of rotatable bonds is 8. The van der Waals surface area contributed by atoms with E-state index in [1.54, 1.807) is 55.2 Å². The molecule has 0 saturated heterocycles. The summed E-state index contributed by atoms with van der Waals surface area (Å²) in [4.78, 5) is 16.3. The number of amides is 1. The molecule has 0 saturated carbocycles. The molecule has 0 aromatic heterocycles. The van der Waals surface area contributed by atoms with Crippen molar-refractivity contribution < 1.29 is 9.18 Å². The van der Waals surface area contributed by atoms with Crippen molar-refractivity contribution in [2.24, 2.45) is 4.99 Å². The average molecular weight is 423 g/mol. The predicted molar refractivity (Wildman–Crippen MR) is 116 cm³/mol. The topological polar surface area (TPSA) is 65.5 Å². The van der Waals surface area contributed by atoms with Crippen molar-refractivity contribution in [2.45, 2.75) is 12.3 Å². The summed E-state index contributed by atoms with van der Waals surface area (Å²) in [5.41, 5.74) is 2.43. The predicted octanol–water partition coefficient (Wildman–Crippen LogP) is 3.44. The summed E-state index contributed by atoms with van der Waals surface area (Å²) in [6.07, 6.45) is 1.99. The highest BCUT2D eigenvalue weighted by atomic mass is 35.5. The number of hydrogen-bond acceptors (Lipinski definition) is 3. The molecule has 2 aromatic carbocycles. The first-order valence-corrected chi connectivity index (χ1v) is 10.6. The van der Waals surface area contributed by atoms with Gasteiger partial charge in [0.15, 0.2) is 5.96 Å². The average Bonchev–Trinajstić information content (AvgIpc) is 2.69. The molecule has 0 spiro atoms. The standard InChI is InChI=1S/C20H24ClFN4OS/c1-23-20(26-12-14-7-8-16(22)11-15(14)13-28-2)25-10-9-24-19(27)17-5-3-4-6-18(17)21/h3-8,11H,9-10,12-13H2,1-2H3,(H,24,27)(H2,23,25,26). The van der Waals surface area contributed by atoms with Crippen LogP contribution in [0.4, 0.5) is 4.39 Å². The Balaban J connectivity index is 1.79. The zero-order valence-electron chi connectivity index (χ0n) is 15.9. The van der Waals surface area contributed by atoms with E-state index in [-0.39, 0.29) is 11.7 Å². The zero-order chi connectivity index (χ0) is 20.4. The molecule has 150 valence electrons. The molecule has 0 heterocycles. The third kappa shape index (κ3) is 6.73. The maximum atomic E-state index is 13.4. The van der Waals surface area contributed by atoms with Crippen molar-refractivity contribution >= 4 is 35.2 Å². The molecule has 2 aromatic rings. The van der Waals surface area contributed by atoms with Crippen LogP contribution in [0.15, 0.2) is 47.5 Å². The number of guanidine groups is 1. The van der Waals surface area contributed by atoms with Crippen molar-refractivity contribution in [2.75, 3.05) is 26.4 Å². The Kier molecular flexibility index (Phi) is 9.10. The SMILES string of the molecule is CN=C(NCCNC(=O)c1ccccc1Cl)NCc1ccc(F)cc1CSC. The van der Waals surface area contributed by atoms with Crippen molar-refractivity contribution in [1.82, 2.24) is 16.0 Å². The van der Waals surface area contributed by atoms with E-state index in [2.05, 4.69) is 20.9 Å².